The number of carbonyl (C=O) groups excluding carboxylic acids is 2. The lowest BCUT2D eigenvalue weighted by Crippen LogP contribution is -2.41. The van der Waals surface area contributed by atoms with E-state index in [4.69, 9.17) is 5.73 Å². The molecule has 4 N–H and O–H groups in total. The summed E-state index contributed by atoms with van der Waals surface area (Å²) in [6.45, 7) is 3.19. The number of H-pyrrole nitrogens is 1. The molecule has 0 saturated heterocycles. The molecular formula is C13H20ClF2N3O2. The lowest BCUT2D eigenvalue weighted by Gasteiger charge is -2.14. The maximum atomic E-state index is 13.0. The Morgan fingerprint density at radius 2 is 1.95 bits per heavy atom. The molecule has 0 bridgehead atoms. The average molecular weight is 324 g/mol. The van der Waals surface area contributed by atoms with Crippen molar-refractivity contribution < 1.29 is 18.4 Å². The molecule has 0 aliphatic rings. The first-order valence-electron chi connectivity index (χ1n) is 6.32. The minimum absolute atomic E-state index is 0. The van der Waals surface area contributed by atoms with Gasteiger partial charge in [0.25, 0.3) is 11.8 Å². The van der Waals surface area contributed by atoms with Gasteiger partial charge in [0.05, 0.1) is 13.1 Å². The van der Waals surface area contributed by atoms with E-state index in [2.05, 4.69) is 10.3 Å². The summed E-state index contributed by atoms with van der Waals surface area (Å²) >= 11 is 0. The highest BCUT2D eigenvalue weighted by Crippen LogP contribution is 2.20. The van der Waals surface area contributed by atoms with Crippen molar-refractivity contribution in [2.75, 3.05) is 13.1 Å². The second-order valence-corrected chi connectivity index (χ2v) is 4.63. The zero-order valence-corrected chi connectivity index (χ0v) is 13.0. The highest BCUT2D eigenvalue weighted by molar-refractivity contribution is 6.02. The van der Waals surface area contributed by atoms with E-state index in [1.165, 1.54) is 6.92 Å². The van der Waals surface area contributed by atoms with Crippen LogP contribution in [-0.4, -0.2) is 35.7 Å². The number of Topliss-reactive ketones (excluding diaryl/α,β-unsaturated/α-hetero) is 1. The van der Waals surface area contributed by atoms with Crippen molar-refractivity contribution in [3.8, 4) is 0 Å². The van der Waals surface area contributed by atoms with Gasteiger partial charge in [-0.05, 0) is 25.8 Å². The summed E-state index contributed by atoms with van der Waals surface area (Å²) in [6.07, 6.45) is 0.454. The van der Waals surface area contributed by atoms with Gasteiger partial charge >= 0.3 is 0 Å². The van der Waals surface area contributed by atoms with Crippen LogP contribution in [0, 0.1) is 6.92 Å². The molecule has 0 fully saturated rings. The largest absolute Gasteiger partial charge is 0.354 e. The van der Waals surface area contributed by atoms with Gasteiger partial charge in [-0.25, -0.2) is 8.78 Å². The van der Waals surface area contributed by atoms with E-state index in [0.717, 1.165) is 0 Å². The molecule has 1 rings (SSSR count). The fraction of sp³-hybridized carbons (Fsp3) is 0.538. The number of hydrogen-bond acceptors (Lipinski definition) is 3. The normalized spacial score (nSPS) is 11.0. The van der Waals surface area contributed by atoms with E-state index >= 15 is 0 Å². The molecule has 1 heterocycles. The number of carbonyl (C=O) groups is 2. The molecule has 0 aromatic carbocycles. The third-order valence-electron chi connectivity index (χ3n) is 3.03. The Hall–Kier alpha value is -1.47. The molecule has 0 saturated carbocycles. The zero-order chi connectivity index (χ0) is 15.5. The molecule has 0 atom stereocenters. The van der Waals surface area contributed by atoms with Crippen molar-refractivity contribution in [2.24, 2.45) is 5.73 Å². The molecule has 120 valence electrons. The van der Waals surface area contributed by atoms with Crippen LogP contribution in [0.2, 0.25) is 0 Å². The van der Waals surface area contributed by atoms with Crippen molar-refractivity contribution in [1.29, 1.82) is 0 Å². The second-order valence-electron chi connectivity index (χ2n) is 4.63. The molecule has 5 nitrogen and oxygen atoms in total. The van der Waals surface area contributed by atoms with Gasteiger partial charge in [0.1, 0.15) is 5.69 Å². The summed E-state index contributed by atoms with van der Waals surface area (Å²) < 4.78 is 26.0. The fourth-order valence-corrected chi connectivity index (χ4v) is 2.07. The van der Waals surface area contributed by atoms with Crippen molar-refractivity contribution in [1.82, 2.24) is 10.3 Å². The SMILES string of the molecule is CCc1c(C(=O)NCC(F)(F)CN)[nH]c(C)c1C(C)=O.Cl. The van der Waals surface area contributed by atoms with Crippen LogP contribution in [0.5, 0.6) is 0 Å². The number of aromatic nitrogens is 1. The number of hydrogen-bond donors (Lipinski definition) is 3. The summed E-state index contributed by atoms with van der Waals surface area (Å²) in [7, 11) is 0. The van der Waals surface area contributed by atoms with Crippen LogP contribution in [-0.2, 0) is 6.42 Å². The van der Waals surface area contributed by atoms with Crippen LogP contribution >= 0.6 is 12.4 Å². The molecule has 0 aliphatic heterocycles. The number of amides is 1. The Morgan fingerprint density at radius 1 is 1.38 bits per heavy atom. The van der Waals surface area contributed by atoms with Crippen LogP contribution in [0.15, 0.2) is 0 Å². The Morgan fingerprint density at radius 3 is 2.38 bits per heavy atom. The maximum absolute atomic E-state index is 13.0. The average Bonchev–Trinajstić information content (AvgIpc) is 2.73. The lowest BCUT2D eigenvalue weighted by molar-refractivity contribution is 0.0118. The van der Waals surface area contributed by atoms with Crippen molar-refractivity contribution in [3.63, 3.8) is 0 Å². The summed E-state index contributed by atoms with van der Waals surface area (Å²) in [5.74, 6) is -3.97. The predicted octanol–water partition coefficient (Wildman–Crippen LogP) is 1.83. The standard InChI is InChI=1S/C13H19F2N3O2.ClH/c1-4-9-10(8(3)19)7(2)18-11(9)12(20)17-6-13(14,15)5-16;/h18H,4-6,16H2,1-3H3,(H,17,20);1H. The van der Waals surface area contributed by atoms with Gasteiger partial charge in [-0.2, -0.15) is 0 Å². The van der Waals surface area contributed by atoms with E-state index in [9.17, 15) is 18.4 Å². The van der Waals surface area contributed by atoms with Gasteiger partial charge in [-0.1, -0.05) is 6.92 Å². The number of aromatic amines is 1. The molecule has 0 radical (unpaired) electrons. The number of aryl methyl sites for hydroxylation is 1. The Kier molecular flexibility index (Phi) is 6.99. The van der Waals surface area contributed by atoms with Gasteiger partial charge in [0.15, 0.2) is 5.78 Å². The number of rotatable bonds is 6. The molecule has 1 amide bonds. The third kappa shape index (κ3) is 4.50. The first-order chi connectivity index (χ1) is 9.23. The number of nitrogens with one attached hydrogen (secondary N) is 2. The molecule has 21 heavy (non-hydrogen) atoms. The van der Waals surface area contributed by atoms with Gasteiger partial charge < -0.3 is 16.0 Å². The van der Waals surface area contributed by atoms with Crippen molar-refractivity contribution >= 4 is 24.1 Å². The Labute approximate surface area is 128 Å². The first-order valence-corrected chi connectivity index (χ1v) is 6.32. The Balaban J connectivity index is 0.00000400. The summed E-state index contributed by atoms with van der Waals surface area (Å²) in [4.78, 5) is 26.3. The summed E-state index contributed by atoms with van der Waals surface area (Å²) in [5, 5.41) is 2.13. The predicted molar refractivity (Wildman–Crippen MR) is 78.5 cm³/mol. The number of halogens is 3. The molecule has 0 unspecified atom stereocenters. The lowest BCUT2D eigenvalue weighted by atomic mass is 10.0. The highest BCUT2D eigenvalue weighted by Gasteiger charge is 2.29. The smallest absolute Gasteiger partial charge is 0.277 e. The molecule has 8 heteroatoms. The first kappa shape index (κ1) is 19.5. The fourth-order valence-electron chi connectivity index (χ4n) is 2.07. The third-order valence-corrected chi connectivity index (χ3v) is 3.03. The van der Waals surface area contributed by atoms with E-state index in [1.807, 2.05) is 0 Å². The van der Waals surface area contributed by atoms with E-state index in [-0.39, 0.29) is 23.9 Å². The van der Waals surface area contributed by atoms with Crippen LogP contribution in [0.3, 0.4) is 0 Å². The molecule has 1 aromatic heterocycles. The van der Waals surface area contributed by atoms with Gasteiger partial charge in [0.2, 0.25) is 0 Å². The summed E-state index contributed by atoms with van der Waals surface area (Å²) in [6, 6.07) is 0. The highest BCUT2D eigenvalue weighted by atomic mass is 35.5. The van der Waals surface area contributed by atoms with Gasteiger partial charge in [-0.15, -0.1) is 12.4 Å². The van der Waals surface area contributed by atoms with Crippen LogP contribution in [0.1, 0.15) is 46.0 Å². The molecule has 0 aliphatic carbocycles. The minimum atomic E-state index is -3.15. The van der Waals surface area contributed by atoms with E-state index in [0.29, 0.717) is 23.2 Å². The van der Waals surface area contributed by atoms with Crippen molar-refractivity contribution in [3.05, 3.63) is 22.5 Å². The second kappa shape index (κ2) is 7.51. The molecule has 1 aromatic rings. The maximum Gasteiger partial charge on any atom is 0.277 e. The van der Waals surface area contributed by atoms with Crippen LogP contribution in [0.4, 0.5) is 8.78 Å². The number of ketones is 1. The van der Waals surface area contributed by atoms with Gasteiger partial charge in [0, 0.05) is 11.3 Å². The topological polar surface area (TPSA) is 88.0 Å². The monoisotopic (exact) mass is 323 g/mol. The number of nitrogens with two attached hydrogens (primary N) is 1. The number of alkyl halides is 2. The minimum Gasteiger partial charge on any atom is -0.354 e. The van der Waals surface area contributed by atoms with Gasteiger partial charge in [-0.3, -0.25) is 9.59 Å². The van der Waals surface area contributed by atoms with E-state index in [1.54, 1.807) is 13.8 Å². The molecular weight excluding hydrogens is 304 g/mol. The quantitative estimate of drug-likeness (QED) is 0.698. The summed E-state index contributed by atoms with van der Waals surface area (Å²) in [5.41, 5.74) is 6.61. The Bertz CT molecular complexity index is 530. The van der Waals surface area contributed by atoms with E-state index < -0.39 is 24.9 Å². The van der Waals surface area contributed by atoms with Crippen LogP contribution < -0.4 is 11.1 Å². The van der Waals surface area contributed by atoms with Crippen molar-refractivity contribution in [2.45, 2.75) is 33.1 Å². The van der Waals surface area contributed by atoms with Crippen LogP contribution in [0.25, 0.3) is 0 Å². The zero-order valence-electron chi connectivity index (χ0n) is 12.2. The molecule has 0 spiro atoms.